The molecule has 0 spiro atoms. The predicted octanol–water partition coefficient (Wildman–Crippen LogP) is 1.88. The molecular weight excluding hydrogens is 230 g/mol. The number of rotatable bonds is 3. The quantitative estimate of drug-likeness (QED) is 0.834. The highest BCUT2D eigenvalue weighted by Gasteiger charge is 2.52. The molecule has 3 aliphatic rings. The summed E-state index contributed by atoms with van der Waals surface area (Å²) in [6.45, 7) is 0. The smallest absolute Gasteiger partial charge is 0.308 e. The van der Waals surface area contributed by atoms with Crippen LogP contribution >= 0.6 is 0 Å². The Balaban J connectivity index is 1.78. The third-order valence-corrected chi connectivity index (χ3v) is 5.26. The Morgan fingerprint density at radius 1 is 1.17 bits per heavy atom. The molecule has 5 unspecified atom stereocenters. The molecule has 0 aromatic heterocycles. The fraction of sp³-hybridized carbons (Fsp3) is 0.929. The summed E-state index contributed by atoms with van der Waals surface area (Å²) in [5.74, 6) is -0.736. The van der Waals surface area contributed by atoms with Gasteiger partial charge in [-0.05, 0) is 32.1 Å². The summed E-state index contributed by atoms with van der Waals surface area (Å²) in [5, 5.41) is 9.32. The Morgan fingerprint density at radius 2 is 1.94 bits per heavy atom. The lowest BCUT2D eigenvalue weighted by molar-refractivity contribution is -0.143. The van der Waals surface area contributed by atoms with Gasteiger partial charge >= 0.3 is 5.97 Å². The van der Waals surface area contributed by atoms with Crippen LogP contribution in [-0.2, 0) is 9.53 Å². The van der Waals surface area contributed by atoms with Crippen molar-refractivity contribution in [2.45, 2.75) is 69.2 Å². The normalized spacial score (nSPS) is 44.4. The maximum absolute atomic E-state index is 11.3. The van der Waals surface area contributed by atoms with Crippen molar-refractivity contribution in [1.29, 1.82) is 0 Å². The number of carboxylic acids is 1. The summed E-state index contributed by atoms with van der Waals surface area (Å²) in [4.78, 5) is 13.8. The lowest BCUT2D eigenvalue weighted by Crippen LogP contribution is -2.49. The molecule has 2 aliphatic heterocycles. The van der Waals surface area contributed by atoms with E-state index in [-0.39, 0.29) is 12.0 Å². The first-order valence-electron chi connectivity index (χ1n) is 7.25. The van der Waals surface area contributed by atoms with Gasteiger partial charge in [0.15, 0.2) is 0 Å². The molecule has 4 heteroatoms. The van der Waals surface area contributed by atoms with Gasteiger partial charge in [0.2, 0.25) is 0 Å². The van der Waals surface area contributed by atoms with Crippen molar-refractivity contribution in [2.24, 2.45) is 5.92 Å². The molecule has 3 fully saturated rings. The molecule has 0 radical (unpaired) electrons. The van der Waals surface area contributed by atoms with Gasteiger partial charge in [0, 0.05) is 25.2 Å². The molecule has 1 aliphatic carbocycles. The Hall–Kier alpha value is -0.610. The average molecular weight is 253 g/mol. The van der Waals surface area contributed by atoms with E-state index in [0.717, 1.165) is 19.3 Å². The monoisotopic (exact) mass is 253 g/mol. The van der Waals surface area contributed by atoms with E-state index in [1.54, 1.807) is 7.11 Å². The third kappa shape index (κ3) is 1.86. The topological polar surface area (TPSA) is 49.8 Å². The maximum Gasteiger partial charge on any atom is 0.308 e. The minimum absolute atomic E-state index is 0.136. The van der Waals surface area contributed by atoms with Gasteiger partial charge in [-0.3, -0.25) is 9.69 Å². The van der Waals surface area contributed by atoms with E-state index in [9.17, 15) is 9.90 Å². The zero-order chi connectivity index (χ0) is 12.7. The third-order valence-electron chi connectivity index (χ3n) is 5.26. The molecule has 5 atom stereocenters. The van der Waals surface area contributed by atoms with Gasteiger partial charge in [0.25, 0.3) is 0 Å². The SMILES string of the molecule is COC1CCCCC1N1C2CCC1C(C(=O)O)C2. The van der Waals surface area contributed by atoms with Crippen molar-refractivity contribution in [3.63, 3.8) is 0 Å². The van der Waals surface area contributed by atoms with Gasteiger partial charge in [-0.25, -0.2) is 0 Å². The number of nitrogens with zero attached hydrogens (tertiary/aromatic N) is 1. The minimum atomic E-state index is -0.600. The van der Waals surface area contributed by atoms with Crippen LogP contribution in [0.4, 0.5) is 0 Å². The number of carboxylic acid groups (broad SMARTS) is 1. The fourth-order valence-corrected chi connectivity index (χ4v) is 4.51. The Bertz CT molecular complexity index is 333. The molecule has 3 rings (SSSR count). The van der Waals surface area contributed by atoms with Crippen molar-refractivity contribution in [2.75, 3.05) is 7.11 Å². The average Bonchev–Trinajstić information content (AvgIpc) is 2.96. The van der Waals surface area contributed by atoms with Crippen LogP contribution in [0.25, 0.3) is 0 Å². The van der Waals surface area contributed by atoms with Crippen LogP contribution in [0.5, 0.6) is 0 Å². The molecule has 2 bridgehead atoms. The highest BCUT2D eigenvalue weighted by atomic mass is 16.5. The first-order valence-corrected chi connectivity index (χ1v) is 7.25. The molecule has 0 aromatic carbocycles. The molecule has 18 heavy (non-hydrogen) atoms. The lowest BCUT2D eigenvalue weighted by atomic mass is 9.89. The molecule has 0 amide bonds. The minimum Gasteiger partial charge on any atom is -0.481 e. The number of aliphatic carboxylic acids is 1. The Labute approximate surface area is 108 Å². The van der Waals surface area contributed by atoms with Crippen LogP contribution in [-0.4, -0.2) is 47.3 Å². The maximum atomic E-state index is 11.3. The van der Waals surface area contributed by atoms with E-state index in [1.165, 1.54) is 25.7 Å². The summed E-state index contributed by atoms with van der Waals surface area (Å²) >= 11 is 0. The van der Waals surface area contributed by atoms with Crippen molar-refractivity contribution >= 4 is 5.97 Å². The first kappa shape index (κ1) is 12.4. The first-order chi connectivity index (χ1) is 8.72. The molecule has 102 valence electrons. The van der Waals surface area contributed by atoms with Crippen molar-refractivity contribution in [3.05, 3.63) is 0 Å². The molecule has 0 aromatic rings. The van der Waals surface area contributed by atoms with Gasteiger partial charge < -0.3 is 9.84 Å². The van der Waals surface area contributed by atoms with Crippen LogP contribution in [0.2, 0.25) is 0 Å². The van der Waals surface area contributed by atoms with Crippen LogP contribution in [0.15, 0.2) is 0 Å². The molecule has 4 nitrogen and oxygen atoms in total. The van der Waals surface area contributed by atoms with E-state index in [0.29, 0.717) is 18.2 Å². The zero-order valence-corrected chi connectivity index (χ0v) is 11.0. The summed E-state index contributed by atoms with van der Waals surface area (Å²) in [6.07, 6.45) is 8.24. The molecule has 1 saturated carbocycles. The fourth-order valence-electron chi connectivity index (χ4n) is 4.51. The van der Waals surface area contributed by atoms with Gasteiger partial charge in [-0.1, -0.05) is 12.8 Å². The standard InChI is InChI=1S/C14H23NO3/c1-18-13-5-3-2-4-12(13)15-9-6-7-11(15)10(8-9)14(16)17/h9-13H,2-8H2,1H3,(H,16,17). The Kier molecular flexibility index (Phi) is 3.32. The van der Waals surface area contributed by atoms with Crippen molar-refractivity contribution in [1.82, 2.24) is 4.90 Å². The lowest BCUT2D eigenvalue weighted by Gasteiger charge is -2.40. The number of fused-ring (bicyclic) bond motifs is 2. The number of ether oxygens (including phenoxy) is 1. The molecule has 2 saturated heterocycles. The van der Waals surface area contributed by atoms with Gasteiger partial charge in [0.1, 0.15) is 0 Å². The van der Waals surface area contributed by atoms with Gasteiger partial charge in [0.05, 0.1) is 12.0 Å². The second kappa shape index (κ2) is 4.82. The van der Waals surface area contributed by atoms with E-state index in [1.807, 2.05) is 0 Å². The largest absolute Gasteiger partial charge is 0.481 e. The molecular formula is C14H23NO3. The summed E-state index contributed by atoms with van der Waals surface area (Å²) in [7, 11) is 1.80. The molecule has 1 N–H and O–H groups in total. The van der Waals surface area contributed by atoms with Crippen molar-refractivity contribution < 1.29 is 14.6 Å². The van der Waals surface area contributed by atoms with Crippen LogP contribution < -0.4 is 0 Å². The van der Waals surface area contributed by atoms with E-state index < -0.39 is 5.97 Å². The second-order valence-electron chi connectivity index (χ2n) is 6.05. The van der Waals surface area contributed by atoms with Crippen LogP contribution in [0.3, 0.4) is 0 Å². The van der Waals surface area contributed by atoms with E-state index in [2.05, 4.69) is 4.90 Å². The summed E-state index contributed by atoms with van der Waals surface area (Å²) < 4.78 is 5.65. The zero-order valence-electron chi connectivity index (χ0n) is 11.0. The van der Waals surface area contributed by atoms with E-state index >= 15 is 0 Å². The molecule has 2 heterocycles. The predicted molar refractivity (Wildman–Crippen MR) is 67.4 cm³/mol. The van der Waals surface area contributed by atoms with Gasteiger partial charge in [-0.15, -0.1) is 0 Å². The second-order valence-corrected chi connectivity index (χ2v) is 6.05. The van der Waals surface area contributed by atoms with Gasteiger partial charge in [-0.2, -0.15) is 0 Å². The number of hydrogen-bond donors (Lipinski definition) is 1. The van der Waals surface area contributed by atoms with Crippen LogP contribution in [0, 0.1) is 5.92 Å². The highest BCUT2D eigenvalue weighted by Crippen LogP contribution is 2.45. The highest BCUT2D eigenvalue weighted by molar-refractivity contribution is 5.71. The van der Waals surface area contributed by atoms with Crippen molar-refractivity contribution in [3.8, 4) is 0 Å². The number of hydrogen-bond acceptors (Lipinski definition) is 3. The summed E-state index contributed by atoms with van der Waals surface area (Å²) in [6, 6.07) is 1.23. The Morgan fingerprint density at radius 3 is 2.61 bits per heavy atom. The van der Waals surface area contributed by atoms with Crippen LogP contribution in [0.1, 0.15) is 44.9 Å². The number of methoxy groups -OCH3 is 1. The van der Waals surface area contributed by atoms with E-state index in [4.69, 9.17) is 4.74 Å². The summed E-state index contributed by atoms with van der Waals surface area (Å²) in [5.41, 5.74) is 0. The number of carbonyl (C=O) groups is 1.